The fraction of sp³-hybridized carbons (Fsp3) is 0.833. The normalized spacial score (nSPS) is 10.1. The molecule has 0 atom stereocenters. The van der Waals surface area contributed by atoms with Gasteiger partial charge >= 0.3 is 0 Å². The van der Waals surface area contributed by atoms with Crippen LogP contribution in [-0.2, 0) is 9.59 Å². The topological polar surface area (TPSA) is 37.4 Å². The summed E-state index contributed by atoms with van der Waals surface area (Å²) in [6.07, 6.45) is 5.21. The van der Waals surface area contributed by atoms with Crippen LogP contribution in [0, 0.1) is 0 Å². The summed E-state index contributed by atoms with van der Waals surface area (Å²) < 4.78 is 0. The first kappa shape index (κ1) is 14.1. The lowest BCUT2D eigenvalue weighted by atomic mass is 10.1. The van der Waals surface area contributed by atoms with Crippen molar-refractivity contribution in [3.8, 4) is 0 Å². The van der Waals surface area contributed by atoms with E-state index in [2.05, 4.69) is 0 Å². The van der Waals surface area contributed by atoms with Gasteiger partial charge in [0.25, 0.3) is 0 Å². The Kier molecular flexibility index (Phi) is 7.96. The molecule has 0 unspecified atom stereocenters. The first-order chi connectivity index (χ1) is 7.07. The first-order valence-corrected chi connectivity index (χ1v) is 5.81. The molecule has 1 amide bonds. The lowest BCUT2D eigenvalue weighted by Crippen LogP contribution is -2.27. The molecule has 0 aliphatic carbocycles. The van der Waals surface area contributed by atoms with Gasteiger partial charge in [0.1, 0.15) is 5.78 Å². The Morgan fingerprint density at radius 3 is 2.27 bits per heavy atom. The molecule has 0 aliphatic heterocycles. The predicted octanol–water partition coefficient (Wildman–Crippen LogP) is 2.39. The molecular formula is C12H23NO2. The van der Waals surface area contributed by atoms with Crippen LogP contribution in [0.3, 0.4) is 0 Å². The number of unbranched alkanes of at least 4 members (excludes halogenated alkanes) is 2. The van der Waals surface area contributed by atoms with Crippen LogP contribution in [0.25, 0.3) is 0 Å². The highest BCUT2D eigenvalue weighted by atomic mass is 16.2. The van der Waals surface area contributed by atoms with E-state index in [-0.39, 0.29) is 11.7 Å². The molecule has 0 aromatic rings. The summed E-state index contributed by atoms with van der Waals surface area (Å²) in [5, 5.41) is 0. The SMILES string of the molecule is CCCC(=O)N(C)CCCCCC(C)=O. The maximum atomic E-state index is 11.4. The molecular weight excluding hydrogens is 190 g/mol. The molecule has 15 heavy (non-hydrogen) atoms. The van der Waals surface area contributed by atoms with Crippen molar-refractivity contribution >= 4 is 11.7 Å². The minimum Gasteiger partial charge on any atom is -0.346 e. The highest BCUT2D eigenvalue weighted by Crippen LogP contribution is 2.03. The van der Waals surface area contributed by atoms with Crippen molar-refractivity contribution in [2.24, 2.45) is 0 Å². The van der Waals surface area contributed by atoms with Crippen molar-refractivity contribution in [1.82, 2.24) is 4.90 Å². The van der Waals surface area contributed by atoms with Crippen LogP contribution in [0.2, 0.25) is 0 Å². The number of nitrogens with zero attached hydrogens (tertiary/aromatic N) is 1. The molecule has 0 heterocycles. The van der Waals surface area contributed by atoms with Crippen molar-refractivity contribution in [1.29, 1.82) is 0 Å². The lowest BCUT2D eigenvalue weighted by molar-refractivity contribution is -0.130. The maximum absolute atomic E-state index is 11.4. The summed E-state index contributed by atoms with van der Waals surface area (Å²) in [5.41, 5.74) is 0. The number of rotatable bonds is 8. The van der Waals surface area contributed by atoms with E-state index >= 15 is 0 Å². The van der Waals surface area contributed by atoms with E-state index in [4.69, 9.17) is 0 Å². The molecule has 0 bridgehead atoms. The second-order valence-corrected chi connectivity index (χ2v) is 4.08. The molecule has 0 N–H and O–H groups in total. The van der Waals surface area contributed by atoms with Crippen molar-refractivity contribution in [2.75, 3.05) is 13.6 Å². The fourth-order valence-corrected chi connectivity index (χ4v) is 1.43. The van der Waals surface area contributed by atoms with Crippen molar-refractivity contribution in [3.63, 3.8) is 0 Å². The Morgan fingerprint density at radius 1 is 1.07 bits per heavy atom. The molecule has 0 radical (unpaired) electrons. The zero-order valence-corrected chi connectivity index (χ0v) is 10.2. The molecule has 0 saturated heterocycles. The van der Waals surface area contributed by atoms with Crippen LogP contribution in [0.4, 0.5) is 0 Å². The van der Waals surface area contributed by atoms with Gasteiger partial charge in [0.05, 0.1) is 0 Å². The average Bonchev–Trinajstić information content (AvgIpc) is 2.16. The standard InChI is InChI=1S/C12H23NO2/c1-4-8-12(15)13(3)10-7-5-6-9-11(2)14/h4-10H2,1-3H3. The molecule has 0 spiro atoms. The summed E-state index contributed by atoms with van der Waals surface area (Å²) in [7, 11) is 1.85. The lowest BCUT2D eigenvalue weighted by Gasteiger charge is -2.16. The van der Waals surface area contributed by atoms with E-state index < -0.39 is 0 Å². The number of hydrogen-bond acceptors (Lipinski definition) is 2. The van der Waals surface area contributed by atoms with Gasteiger partial charge in [-0.25, -0.2) is 0 Å². The van der Waals surface area contributed by atoms with E-state index in [1.807, 2.05) is 14.0 Å². The van der Waals surface area contributed by atoms with Crippen LogP contribution >= 0.6 is 0 Å². The molecule has 0 aromatic heterocycles. The second-order valence-electron chi connectivity index (χ2n) is 4.08. The average molecular weight is 213 g/mol. The Bertz CT molecular complexity index is 202. The molecule has 3 heteroatoms. The smallest absolute Gasteiger partial charge is 0.222 e. The predicted molar refractivity (Wildman–Crippen MR) is 61.7 cm³/mol. The van der Waals surface area contributed by atoms with Crippen LogP contribution in [0.1, 0.15) is 52.4 Å². The Balaban J connectivity index is 3.42. The van der Waals surface area contributed by atoms with Crippen molar-refractivity contribution in [3.05, 3.63) is 0 Å². The number of carbonyl (C=O) groups is 2. The van der Waals surface area contributed by atoms with Gasteiger partial charge < -0.3 is 9.69 Å². The third kappa shape index (κ3) is 8.16. The number of carbonyl (C=O) groups excluding carboxylic acids is 2. The van der Waals surface area contributed by atoms with E-state index in [0.717, 1.165) is 32.2 Å². The molecule has 88 valence electrons. The first-order valence-electron chi connectivity index (χ1n) is 5.81. The largest absolute Gasteiger partial charge is 0.346 e. The number of hydrogen-bond donors (Lipinski definition) is 0. The fourth-order valence-electron chi connectivity index (χ4n) is 1.43. The van der Waals surface area contributed by atoms with Gasteiger partial charge in [-0.15, -0.1) is 0 Å². The molecule has 0 aliphatic rings. The number of Topliss-reactive ketones (excluding diaryl/α,β-unsaturated/α-hetero) is 1. The van der Waals surface area contributed by atoms with Crippen LogP contribution in [0.5, 0.6) is 0 Å². The van der Waals surface area contributed by atoms with Gasteiger partial charge in [-0.2, -0.15) is 0 Å². The zero-order chi connectivity index (χ0) is 11.7. The highest BCUT2D eigenvalue weighted by molar-refractivity contribution is 5.75. The van der Waals surface area contributed by atoms with Gasteiger partial charge in [0.2, 0.25) is 5.91 Å². The quantitative estimate of drug-likeness (QED) is 0.581. The second kappa shape index (κ2) is 8.45. The third-order valence-electron chi connectivity index (χ3n) is 2.41. The molecule has 0 aromatic carbocycles. The Morgan fingerprint density at radius 2 is 1.73 bits per heavy atom. The summed E-state index contributed by atoms with van der Waals surface area (Å²) in [6.45, 7) is 4.45. The summed E-state index contributed by atoms with van der Waals surface area (Å²) in [5.74, 6) is 0.481. The summed E-state index contributed by atoms with van der Waals surface area (Å²) >= 11 is 0. The maximum Gasteiger partial charge on any atom is 0.222 e. The van der Waals surface area contributed by atoms with Crippen molar-refractivity contribution in [2.45, 2.75) is 52.4 Å². The van der Waals surface area contributed by atoms with E-state index in [1.54, 1.807) is 11.8 Å². The number of ketones is 1. The Labute approximate surface area is 92.8 Å². The van der Waals surface area contributed by atoms with Gasteiger partial charge in [-0.05, 0) is 26.2 Å². The third-order valence-corrected chi connectivity index (χ3v) is 2.41. The van der Waals surface area contributed by atoms with Crippen molar-refractivity contribution < 1.29 is 9.59 Å². The summed E-state index contributed by atoms with van der Waals surface area (Å²) in [6, 6.07) is 0. The van der Waals surface area contributed by atoms with Crippen LogP contribution in [-0.4, -0.2) is 30.2 Å². The van der Waals surface area contributed by atoms with Gasteiger partial charge in [0, 0.05) is 26.4 Å². The monoisotopic (exact) mass is 213 g/mol. The molecule has 0 rings (SSSR count). The Hall–Kier alpha value is -0.860. The minimum absolute atomic E-state index is 0.226. The van der Waals surface area contributed by atoms with Crippen LogP contribution in [0.15, 0.2) is 0 Å². The van der Waals surface area contributed by atoms with Gasteiger partial charge in [0.15, 0.2) is 0 Å². The van der Waals surface area contributed by atoms with E-state index in [9.17, 15) is 9.59 Å². The van der Waals surface area contributed by atoms with Gasteiger partial charge in [-0.1, -0.05) is 13.3 Å². The molecule has 0 fully saturated rings. The van der Waals surface area contributed by atoms with E-state index in [0.29, 0.717) is 12.8 Å². The molecule has 0 saturated carbocycles. The zero-order valence-electron chi connectivity index (χ0n) is 10.2. The van der Waals surface area contributed by atoms with Gasteiger partial charge in [-0.3, -0.25) is 4.79 Å². The summed E-state index contributed by atoms with van der Waals surface area (Å²) in [4.78, 5) is 23.8. The van der Waals surface area contributed by atoms with E-state index in [1.165, 1.54) is 0 Å². The van der Waals surface area contributed by atoms with Crippen LogP contribution < -0.4 is 0 Å². The number of amides is 1. The minimum atomic E-state index is 0.226. The highest BCUT2D eigenvalue weighted by Gasteiger charge is 2.05. The molecule has 3 nitrogen and oxygen atoms in total.